The lowest BCUT2D eigenvalue weighted by molar-refractivity contribution is -0.133. The molecule has 3 aromatic rings. The number of fused-ring (bicyclic) bond motifs is 3. The number of carbonyl (C=O) groups is 1. The number of nitrogens with one attached hydrogen (secondary N) is 1. The third-order valence-corrected chi connectivity index (χ3v) is 6.25. The van der Waals surface area contributed by atoms with Crippen molar-refractivity contribution in [1.82, 2.24) is 14.9 Å². The Kier molecular flexibility index (Phi) is 5.29. The van der Waals surface area contributed by atoms with E-state index in [2.05, 4.69) is 59.6 Å². The van der Waals surface area contributed by atoms with Gasteiger partial charge in [-0.3, -0.25) is 9.78 Å². The number of amides is 1. The number of hydrogen-bond donors (Lipinski definition) is 1. The Morgan fingerprint density at radius 2 is 2.06 bits per heavy atom. The first-order valence-corrected chi connectivity index (χ1v) is 11.1. The molecule has 1 aliphatic carbocycles. The number of nitrogens with zero attached hydrogens (tertiary/aromatic N) is 2. The summed E-state index contributed by atoms with van der Waals surface area (Å²) >= 11 is 0. The van der Waals surface area contributed by atoms with Crippen LogP contribution in [0.25, 0.3) is 10.9 Å². The molecule has 3 heterocycles. The van der Waals surface area contributed by atoms with Gasteiger partial charge in [0.2, 0.25) is 5.91 Å². The molecule has 1 atom stereocenters. The van der Waals surface area contributed by atoms with Gasteiger partial charge in [-0.1, -0.05) is 60.2 Å². The lowest BCUT2D eigenvalue weighted by Crippen LogP contribution is -2.41. The number of pyridine rings is 1. The standard InChI is InChI=1S/C27H27N3O/c1-19-9-8-14-24(28-19)27-26-22(21-12-6-7-13-23(21)29-26)17-18-30(27)25(31)16-15-20-10-4-2-3-5-11-20/h2-4,6-14,27,29H,5,15-18H2,1H3/t27-/m0/s1. The van der Waals surface area contributed by atoms with Gasteiger partial charge in [-0.05, 0) is 49.9 Å². The van der Waals surface area contributed by atoms with Gasteiger partial charge in [-0.25, -0.2) is 0 Å². The number of hydrogen-bond acceptors (Lipinski definition) is 2. The largest absolute Gasteiger partial charge is 0.356 e. The maximum absolute atomic E-state index is 13.4. The molecule has 1 amide bonds. The first-order chi connectivity index (χ1) is 15.2. The van der Waals surface area contributed by atoms with Gasteiger partial charge in [0.1, 0.15) is 6.04 Å². The van der Waals surface area contributed by atoms with Crippen molar-refractivity contribution in [1.29, 1.82) is 0 Å². The predicted octanol–water partition coefficient (Wildman–Crippen LogP) is 5.57. The van der Waals surface area contributed by atoms with E-state index in [-0.39, 0.29) is 11.9 Å². The van der Waals surface area contributed by atoms with Crippen LogP contribution in [0.3, 0.4) is 0 Å². The molecule has 1 N–H and O–H groups in total. The molecule has 1 aliphatic heterocycles. The summed E-state index contributed by atoms with van der Waals surface area (Å²) in [6, 6.07) is 14.3. The number of aromatic amines is 1. The highest BCUT2D eigenvalue weighted by Crippen LogP contribution is 2.38. The van der Waals surface area contributed by atoms with Gasteiger partial charge in [0.15, 0.2) is 0 Å². The van der Waals surface area contributed by atoms with Crippen LogP contribution in [0.1, 0.15) is 47.9 Å². The lowest BCUT2D eigenvalue weighted by Gasteiger charge is -2.36. The maximum atomic E-state index is 13.4. The van der Waals surface area contributed by atoms with Gasteiger partial charge in [0.05, 0.1) is 5.69 Å². The zero-order valence-electron chi connectivity index (χ0n) is 17.8. The van der Waals surface area contributed by atoms with Crippen molar-refractivity contribution in [2.45, 2.75) is 38.6 Å². The second-order valence-electron chi connectivity index (χ2n) is 8.31. The number of para-hydroxylation sites is 1. The van der Waals surface area contributed by atoms with Crippen LogP contribution in [0.2, 0.25) is 0 Å². The molecular weight excluding hydrogens is 382 g/mol. The van der Waals surface area contributed by atoms with E-state index >= 15 is 0 Å². The molecule has 4 heteroatoms. The SMILES string of the molecule is Cc1cccc([C@H]2c3[nH]c4ccccc4c3CCN2C(=O)CCC2=CCC=CC=C2)n1. The van der Waals surface area contributed by atoms with Crippen molar-refractivity contribution in [3.63, 3.8) is 0 Å². The minimum atomic E-state index is -0.177. The van der Waals surface area contributed by atoms with Crippen LogP contribution >= 0.6 is 0 Å². The van der Waals surface area contributed by atoms with E-state index in [9.17, 15) is 4.79 Å². The summed E-state index contributed by atoms with van der Waals surface area (Å²) in [6.45, 7) is 2.72. The second-order valence-corrected chi connectivity index (χ2v) is 8.31. The summed E-state index contributed by atoms with van der Waals surface area (Å²) in [5, 5.41) is 1.25. The fourth-order valence-corrected chi connectivity index (χ4v) is 4.74. The first kappa shape index (κ1) is 19.6. The van der Waals surface area contributed by atoms with Gasteiger partial charge in [0, 0.05) is 35.3 Å². The molecule has 0 saturated carbocycles. The van der Waals surface area contributed by atoms with Crippen molar-refractivity contribution >= 4 is 16.8 Å². The molecule has 0 spiro atoms. The summed E-state index contributed by atoms with van der Waals surface area (Å²) < 4.78 is 0. The highest BCUT2D eigenvalue weighted by molar-refractivity contribution is 5.86. The molecule has 0 saturated heterocycles. The van der Waals surface area contributed by atoms with E-state index < -0.39 is 0 Å². The van der Waals surface area contributed by atoms with E-state index in [0.29, 0.717) is 13.0 Å². The summed E-state index contributed by atoms with van der Waals surface area (Å²) in [7, 11) is 0. The van der Waals surface area contributed by atoms with Gasteiger partial charge < -0.3 is 9.88 Å². The average Bonchev–Trinajstić information content (AvgIpc) is 2.96. The van der Waals surface area contributed by atoms with Gasteiger partial charge in [-0.15, -0.1) is 0 Å². The Morgan fingerprint density at radius 3 is 2.97 bits per heavy atom. The summed E-state index contributed by atoms with van der Waals surface area (Å²) in [5.74, 6) is 0.184. The van der Waals surface area contributed by atoms with E-state index in [1.165, 1.54) is 16.5 Å². The molecule has 4 nitrogen and oxygen atoms in total. The molecule has 0 bridgehead atoms. The van der Waals surface area contributed by atoms with E-state index in [1.54, 1.807) is 0 Å². The quantitative estimate of drug-likeness (QED) is 0.612. The van der Waals surface area contributed by atoms with Crippen molar-refractivity contribution in [2.24, 2.45) is 0 Å². The average molecular weight is 410 g/mol. The molecule has 2 aromatic heterocycles. The van der Waals surface area contributed by atoms with Gasteiger partial charge in [-0.2, -0.15) is 0 Å². The van der Waals surface area contributed by atoms with Crippen LogP contribution < -0.4 is 0 Å². The van der Waals surface area contributed by atoms with Crippen LogP contribution in [0.4, 0.5) is 0 Å². The third kappa shape index (κ3) is 3.86. The number of H-pyrrole nitrogens is 1. The summed E-state index contributed by atoms with van der Waals surface area (Å²) in [6.07, 6.45) is 13.6. The number of rotatable bonds is 4. The van der Waals surface area contributed by atoms with E-state index in [4.69, 9.17) is 4.98 Å². The molecule has 0 radical (unpaired) electrons. The molecule has 31 heavy (non-hydrogen) atoms. The van der Waals surface area contributed by atoms with Gasteiger partial charge >= 0.3 is 0 Å². The second kappa shape index (κ2) is 8.38. The molecule has 156 valence electrons. The fraction of sp³-hybridized carbons (Fsp3) is 0.259. The molecule has 0 unspecified atom stereocenters. The van der Waals surface area contributed by atoms with E-state index in [0.717, 1.165) is 41.9 Å². The molecule has 0 fully saturated rings. The predicted molar refractivity (Wildman–Crippen MR) is 125 cm³/mol. The smallest absolute Gasteiger partial charge is 0.223 e. The number of carbonyl (C=O) groups excluding carboxylic acids is 1. The van der Waals surface area contributed by atoms with Crippen molar-refractivity contribution in [3.05, 3.63) is 101 Å². The Hall–Kier alpha value is -3.40. The Bertz CT molecular complexity index is 1210. The normalized spacial score (nSPS) is 18.0. The molecule has 1 aromatic carbocycles. The Morgan fingerprint density at radius 1 is 1.16 bits per heavy atom. The minimum absolute atomic E-state index is 0.177. The fourth-order valence-electron chi connectivity index (χ4n) is 4.74. The Labute approximate surface area is 183 Å². The van der Waals surface area contributed by atoms with Gasteiger partial charge in [0.25, 0.3) is 0 Å². The number of allylic oxidation sites excluding steroid dienone is 6. The van der Waals surface area contributed by atoms with Crippen LogP contribution in [0.15, 0.2) is 78.4 Å². The van der Waals surface area contributed by atoms with Crippen molar-refractivity contribution in [2.75, 3.05) is 6.54 Å². The molecule has 5 rings (SSSR count). The zero-order chi connectivity index (χ0) is 21.2. The number of benzene rings is 1. The van der Waals surface area contributed by atoms with Crippen molar-refractivity contribution < 1.29 is 4.79 Å². The number of aromatic nitrogens is 2. The summed E-state index contributed by atoms with van der Waals surface area (Å²) in [4.78, 5) is 23.9. The minimum Gasteiger partial charge on any atom is -0.356 e. The monoisotopic (exact) mass is 409 g/mol. The third-order valence-electron chi connectivity index (χ3n) is 6.25. The lowest BCUT2D eigenvalue weighted by atomic mass is 9.94. The number of aryl methyl sites for hydroxylation is 1. The van der Waals surface area contributed by atoms with Crippen molar-refractivity contribution in [3.8, 4) is 0 Å². The van der Waals surface area contributed by atoms with Crippen LogP contribution in [0, 0.1) is 6.92 Å². The zero-order valence-corrected chi connectivity index (χ0v) is 17.8. The highest BCUT2D eigenvalue weighted by Gasteiger charge is 2.35. The highest BCUT2D eigenvalue weighted by atomic mass is 16.2. The first-order valence-electron chi connectivity index (χ1n) is 11.1. The maximum Gasteiger partial charge on any atom is 0.223 e. The van der Waals surface area contributed by atoms with Crippen LogP contribution in [0.5, 0.6) is 0 Å². The molecule has 2 aliphatic rings. The summed E-state index contributed by atoms with van der Waals surface area (Å²) in [5.41, 5.74) is 6.67. The van der Waals surface area contributed by atoms with Crippen LogP contribution in [-0.2, 0) is 11.2 Å². The van der Waals surface area contributed by atoms with E-state index in [1.807, 2.05) is 30.0 Å². The van der Waals surface area contributed by atoms with Crippen LogP contribution in [-0.4, -0.2) is 27.3 Å². The Balaban J connectivity index is 1.49. The topological polar surface area (TPSA) is 49.0 Å². The molecular formula is C27H27N3O.